The summed E-state index contributed by atoms with van der Waals surface area (Å²) in [6, 6.07) is 0. The predicted octanol–water partition coefficient (Wildman–Crippen LogP) is 2.39. The lowest BCUT2D eigenvalue weighted by molar-refractivity contribution is 0.182. The minimum absolute atomic E-state index is 0.255. The maximum Gasteiger partial charge on any atom is 0.0775 e. The van der Waals surface area contributed by atoms with Crippen LogP contribution in [-0.2, 0) is 0 Å². The van der Waals surface area contributed by atoms with E-state index in [2.05, 4.69) is 25.7 Å². The third-order valence-corrected chi connectivity index (χ3v) is 6.03. The van der Waals surface area contributed by atoms with Crippen LogP contribution in [-0.4, -0.2) is 32.7 Å². The minimum atomic E-state index is -0.255. The number of aliphatic hydroxyl groups is 1. The molecule has 1 aliphatic heterocycles. The van der Waals surface area contributed by atoms with Crippen molar-refractivity contribution in [2.75, 3.05) is 5.75 Å². The van der Waals surface area contributed by atoms with Crippen LogP contribution >= 0.6 is 23.5 Å². The van der Waals surface area contributed by atoms with Crippen LogP contribution in [0.4, 0.5) is 0 Å². The molecular weight excluding hydrogens is 212 g/mol. The number of hydrogen-bond acceptors (Lipinski definition) is 3. The highest BCUT2D eigenvalue weighted by atomic mass is 32.2. The Bertz CT molecular complexity index is 231. The molecule has 0 saturated carbocycles. The van der Waals surface area contributed by atoms with E-state index in [1.807, 2.05) is 30.4 Å². The van der Waals surface area contributed by atoms with Crippen LogP contribution in [0.15, 0.2) is 0 Å². The van der Waals surface area contributed by atoms with E-state index in [4.69, 9.17) is 0 Å². The summed E-state index contributed by atoms with van der Waals surface area (Å²) in [7, 11) is 0. The fourth-order valence-electron chi connectivity index (χ4n) is 1.35. The van der Waals surface area contributed by atoms with Gasteiger partial charge in [-0.1, -0.05) is 13.8 Å². The van der Waals surface area contributed by atoms with Gasteiger partial charge in [-0.2, -0.15) is 23.5 Å². The van der Waals surface area contributed by atoms with Gasteiger partial charge in [-0.25, -0.2) is 0 Å². The first-order valence-corrected chi connectivity index (χ1v) is 6.99. The Morgan fingerprint density at radius 2 is 2.14 bits per heavy atom. The van der Waals surface area contributed by atoms with Gasteiger partial charge < -0.3 is 5.11 Å². The highest BCUT2D eigenvalue weighted by Gasteiger charge is 2.29. The Kier molecular flexibility index (Phi) is 5.22. The van der Waals surface area contributed by atoms with Crippen molar-refractivity contribution in [2.24, 2.45) is 0 Å². The summed E-state index contributed by atoms with van der Waals surface area (Å²) < 4.78 is 0. The smallest absolute Gasteiger partial charge is 0.0775 e. The molecule has 0 aromatic heterocycles. The molecule has 0 radical (unpaired) electrons. The van der Waals surface area contributed by atoms with E-state index in [0.717, 1.165) is 5.75 Å². The van der Waals surface area contributed by atoms with Crippen LogP contribution in [0.25, 0.3) is 0 Å². The summed E-state index contributed by atoms with van der Waals surface area (Å²) in [5.41, 5.74) is 0. The van der Waals surface area contributed by atoms with Gasteiger partial charge >= 0.3 is 0 Å². The molecule has 0 bridgehead atoms. The number of aliphatic hydroxyl groups excluding tert-OH is 1. The van der Waals surface area contributed by atoms with Crippen LogP contribution in [0.2, 0.25) is 0 Å². The highest BCUT2D eigenvalue weighted by molar-refractivity contribution is 8.07. The molecule has 4 unspecified atom stereocenters. The van der Waals surface area contributed by atoms with E-state index >= 15 is 0 Å². The molecule has 1 saturated heterocycles. The zero-order chi connectivity index (χ0) is 10.6. The molecule has 0 aliphatic carbocycles. The summed E-state index contributed by atoms with van der Waals surface area (Å²) in [6.45, 7) is 6.32. The molecule has 1 rings (SSSR count). The molecule has 0 amide bonds. The standard InChI is InChI=1S/C11H18OS2/c1-4-5-6-10(12)11-7-13-8(2)9(3)14-11/h8-12H,6-7H2,1-3H3. The molecule has 14 heavy (non-hydrogen) atoms. The lowest BCUT2D eigenvalue weighted by Gasteiger charge is -2.33. The average Bonchev–Trinajstić information content (AvgIpc) is 2.18. The molecule has 1 nitrogen and oxygen atoms in total. The van der Waals surface area contributed by atoms with Crippen LogP contribution in [0.5, 0.6) is 0 Å². The monoisotopic (exact) mass is 230 g/mol. The zero-order valence-electron chi connectivity index (χ0n) is 8.99. The van der Waals surface area contributed by atoms with Crippen molar-refractivity contribution in [1.82, 2.24) is 0 Å². The van der Waals surface area contributed by atoms with E-state index in [0.29, 0.717) is 22.2 Å². The lowest BCUT2D eigenvalue weighted by atomic mass is 10.2. The first-order chi connectivity index (χ1) is 6.65. The van der Waals surface area contributed by atoms with E-state index in [1.54, 1.807) is 0 Å². The molecule has 0 aromatic rings. The fraction of sp³-hybridized carbons (Fsp3) is 0.818. The Morgan fingerprint density at radius 3 is 2.71 bits per heavy atom. The summed E-state index contributed by atoms with van der Waals surface area (Å²) in [6.07, 6.45) is 0.366. The molecule has 0 aromatic carbocycles. The maximum atomic E-state index is 9.87. The zero-order valence-corrected chi connectivity index (χ0v) is 10.6. The third kappa shape index (κ3) is 3.42. The van der Waals surface area contributed by atoms with Gasteiger partial charge in [0, 0.05) is 27.9 Å². The Labute approximate surface area is 95.4 Å². The van der Waals surface area contributed by atoms with Gasteiger partial charge in [0.25, 0.3) is 0 Å². The van der Waals surface area contributed by atoms with E-state index in [-0.39, 0.29) is 6.10 Å². The molecule has 1 aliphatic rings. The minimum Gasteiger partial charge on any atom is -0.391 e. The second-order valence-corrected chi connectivity index (χ2v) is 6.65. The molecule has 80 valence electrons. The first kappa shape index (κ1) is 12.3. The fourth-order valence-corrected chi connectivity index (χ4v) is 4.36. The topological polar surface area (TPSA) is 20.2 Å². The van der Waals surface area contributed by atoms with Gasteiger partial charge in [0.1, 0.15) is 0 Å². The molecule has 1 N–H and O–H groups in total. The molecule has 4 atom stereocenters. The quantitative estimate of drug-likeness (QED) is 0.736. The third-order valence-electron chi connectivity index (χ3n) is 2.49. The molecular formula is C11H18OS2. The van der Waals surface area contributed by atoms with Crippen LogP contribution in [0, 0.1) is 11.8 Å². The van der Waals surface area contributed by atoms with Crippen molar-refractivity contribution < 1.29 is 5.11 Å². The summed E-state index contributed by atoms with van der Waals surface area (Å²) in [5, 5.41) is 11.6. The number of rotatable bonds is 2. The first-order valence-electron chi connectivity index (χ1n) is 5.00. The van der Waals surface area contributed by atoms with Gasteiger partial charge in [-0.15, -0.1) is 11.8 Å². The number of thioether (sulfide) groups is 2. The van der Waals surface area contributed by atoms with Gasteiger partial charge in [0.2, 0.25) is 0 Å². The van der Waals surface area contributed by atoms with Gasteiger partial charge in [0.05, 0.1) is 6.10 Å². The van der Waals surface area contributed by atoms with Crippen molar-refractivity contribution in [1.29, 1.82) is 0 Å². The maximum absolute atomic E-state index is 9.87. The normalized spacial score (nSPS) is 34.4. The Morgan fingerprint density at radius 1 is 1.43 bits per heavy atom. The van der Waals surface area contributed by atoms with Gasteiger partial charge in [0.15, 0.2) is 0 Å². The molecule has 1 fully saturated rings. The summed E-state index contributed by atoms with van der Waals surface area (Å²) in [4.78, 5) is 0. The van der Waals surface area contributed by atoms with E-state index in [9.17, 15) is 5.11 Å². The SMILES string of the molecule is CC#CCC(O)C1CSC(C)C(C)S1. The Hall–Kier alpha value is 0.220. The van der Waals surface area contributed by atoms with Crippen molar-refractivity contribution in [3.63, 3.8) is 0 Å². The number of hydrogen-bond donors (Lipinski definition) is 1. The van der Waals surface area contributed by atoms with Crippen molar-refractivity contribution in [2.45, 2.75) is 49.0 Å². The Balaban J connectivity index is 2.40. The molecule has 3 heteroatoms. The van der Waals surface area contributed by atoms with Gasteiger partial charge in [-0.05, 0) is 6.92 Å². The van der Waals surface area contributed by atoms with E-state index < -0.39 is 0 Å². The lowest BCUT2D eigenvalue weighted by Crippen LogP contribution is -2.34. The predicted molar refractivity (Wildman–Crippen MR) is 66.8 cm³/mol. The summed E-state index contributed by atoms with van der Waals surface area (Å²) in [5.74, 6) is 6.84. The summed E-state index contributed by atoms with van der Waals surface area (Å²) >= 11 is 3.88. The van der Waals surface area contributed by atoms with Crippen LogP contribution in [0.1, 0.15) is 27.2 Å². The van der Waals surface area contributed by atoms with Crippen molar-refractivity contribution >= 4 is 23.5 Å². The van der Waals surface area contributed by atoms with Crippen molar-refractivity contribution in [3.8, 4) is 11.8 Å². The van der Waals surface area contributed by atoms with E-state index in [1.165, 1.54) is 0 Å². The average molecular weight is 230 g/mol. The molecule has 1 heterocycles. The van der Waals surface area contributed by atoms with Crippen LogP contribution in [0.3, 0.4) is 0 Å². The second-order valence-electron chi connectivity index (χ2n) is 3.62. The van der Waals surface area contributed by atoms with Crippen molar-refractivity contribution in [3.05, 3.63) is 0 Å². The van der Waals surface area contributed by atoms with Gasteiger partial charge in [-0.3, -0.25) is 0 Å². The second kappa shape index (κ2) is 5.95. The molecule has 0 spiro atoms. The van der Waals surface area contributed by atoms with Crippen LogP contribution < -0.4 is 0 Å². The highest BCUT2D eigenvalue weighted by Crippen LogP contribution is 2.37. The largest absolute Gasteiger partial charge is 0.391 e.